The Kier molecular flexibility index (Phi) is 2.46. The molecule has 94 valence electrons. The molecule has 17 heavy (non-hydrogen) atoms. The first-order valence-electron chi connectivity index (χ1n) is 5.42. The summed E-state index contributed by atoms with van der Waals surface area (Å²) in [6.45, 7) is 4.56. The summed E-state index contributed by atoms with van der Waals surface area (Å²) in [6.07, 6.45) is -4.32. The first-order chi connectivity index (χ1) is 7.97. The smallest absolute Gasteiger partial charge is 0.315 e. The second-order valence-corrected chi connectivity index (χ2v) is 5.82. The third-order valence-electron chi connectivity index (χ3n) is 3.32. The molecule has 0 unspecified atom stereocenters. The van der Waals surface area contributed by atoms with Gasteiger partial charge in [-0.2, -0.15) is 13.2 Å². The summed E-state index contributed by atoms with van der Waals surface area (Å²) in [7, 11) is 0. The molecule has 2 saturated heterocycles. The van der Waals surface area contributed by atoms with Crippen LogP contribution in [0.25, 0.3) is 0 Å². The lowest BCUT2D eigenvalue weighted by molar-refractivity contribution is -0.140. The van der Waals surface area contributed by atoms with E-state index in [2.05, 4.69) is 15.2 Å². The Hall–Kier alpha value is -0.660. The van der Waals surface area contributed by atoms with E-state index in [1.165, 1.54) is 0 Å². The van der Waals surface area contributed by atoms with Gasteiger partial charge in [-0.15, -0.1) is 11.3 Å². The van der Waals surface area contributed by atoms with Gasteiger partial charge in [0.15, 0.2) is 5.69 Å². The van der Waals surface area contributed by atoms with Crippen LogP contribution in [0.3, 0.4) is 0 Å². The van der Waals surface area contributed by atoms with Gasteiger partial charge in [-0.1, -0.05) is 0 Å². The number of hydrogen-bond acceptors (Lipinski definition) is 4. The summed E-state index contributed by atoms with van der Waals surface area (Å²) in [4.78, 5) is 5.78. The second kappa shape index (κ2) is 3.66. The highest BCUT2D eigenvalue weighted by atomic mass is 32.1. The van der Waals surface area contributed by atoms with E-state index in [1.54, 1.807) is 0 Å². The minimum Gasteiger partial charge on any atom is -0.315 e. The van der Waals surface area contributed by atoms with Crippen molar-refractivity contribution in [2.45, 2.75) is 12.7 Å². The Labute approximate surface area is 101 Å². The average molecular weight is 263 g/mol. The number of rotatable bonds is 2. The summed E-state index contributed by atoms with van der Waals surface area (Å²) >= 11 is 1.09. The van der Waals surface area contributed by atoms with E-state index >= 15 is 0 Å². The molecule has 7 heteroatoms. The monoisotopic (exact) mass is 263 g/mol. The molecule has 0 atom stereocenters. The van der Waals surface area contributed by atoms with Crippen LogP contribution in [0.2, 0.25) is 0 Å². The largest absolute Gasteiger partial charge is 0.434 e. The predicted molar refractivity (Wildman–Crippen MR) is 57.7 cm³/mol. The van der Waals surface area contributed by atoms with Gasteiger partial charge in [-0.3, -0.25) is 4.90 Å². The highest BCUT2D eigenvalue weighted by Crippen LogP contribution is 2.36. The van der Waals surface area contributed by atoms with Crippen LogP contribution in [0.4, 0.5) is 13.2 Å². The van der Waals surface area contributed by atoms with Gasteiger partial charge >= 0.3 is 6.18 Å². The average Bonchev–Trinajstić information content (AvgIpc) is 2.54. The Balaban J connectivity index is 1.57. The van der Waals surface area contributed by atoms with Crippen LogP contribution in [-0.2, 0) is 12.7 Å². The topological polar surface area (TPSA) is 28.2 Å². The van der Waals surface area contributed by atoms with E-state index in [0.29, 0.717) is 17.0 Å². The number of nitrogens with one attached hydrogen (secondary N) is 1. The number of aromatic nitrogens is 1. The highest BCUT2D eigenvalue weighted by molar-refractivity contribution is 7.09. The molecule has 3 rings (SSSR count). The maximum atomic E-state index is 12.3. The lowest BCUT2D eigenvalue weighted by Gasteiger charge is -2.56. The second-order valence-electron chi connectivity index (χ2n) is 4.87. The number of nitrogens with zero attached hydrogens (tertiary/aromatic N) is 2. The van der Waals surface area contributed by atoms with Gasteiger partial charge in [0, 0.05) is 37.0 Å². The van der Waals surface area contributed by atoms with Crippen LogP contribution in [0.1, 0.15) is 10.7 Å². The van der Waals surface area contributed by atoms with Crippen molar-refractivity contribution < 1.29 is 13.2 Å². The van der Waals surface area contributed by atoms with E-state index in [-0.39, 0.29) is 0 Å². The lowest BCUT2D eigenvalue weighted by Crippen LogP contribution is -2.70. The fraction of sp³-hybridized carbons (Fsp3) is 0.700. The zero-order valence-electron chi connectivity index (χ0n) is 9.05. The SMILES string of the molecule is FC(F)(F)c1csc(CN2CC3(CNC3)C2)n1. The third-order valence-corrected chi connectivity index (χ3v) is 4.15. The Bertz CT molecular complexity index is 417. The summed E-state index contributed by atoms with van der Waals surface area (Å²) in [5, 5.41) is 4.87. The summed E-state index contributed by atoms with van der Waals surface area (Å²) < 4.78 is 37.0. The molecule has 3 nitrogen and oxygen atoms in total. The molecule has 0 saturated carbocycles. The van der Waals surface area contributed by atoms with Crippen LogP contribution in [0, 0.1) is 5.41 Å². The molecule has 3 heterocycles. The van der Waals surface area contributed by atoms with Crippen LogP contribution in [-0.4, -0.2) is 36.1 Å². The van der Waals surface area contributed by atoms with E-state index in [1.807, 2.05) is 0 Å². The number of likely N-dealkylation sites (tertiary alicyclic amines) is 1. The summed E-state index contributed by atoms with van der Waals surface area (Å²) in [5.41, 5.74) is -0.359. The van der Waals surface area contributed by atoms with Gasteiger partial charge < -0.3 is 5.32 Å². The zero-order chi connectivity index (χ0) is 12.1. The van der Waals surface area contributed by atoms with Crippen molar-refractivity contribution in [3.8, 4) is 0 Å². The van der Waals surface area contributed by atoms with Crippen LogP contribution in [0.5, 0.6) is 0 Å². The summed E-state index contributed by atoms with van der Waals surface area (Å²) in [6, 6.07) is 0. The molecule has 0 aromatic carbocycles. The predicted octanol–water partition coefficient (Wildman–Crippen LogP) is 1.57. The Morgan fingerprint density at radius 1 is 1.41 bits per heavy atom. The normalized spacial score (nSPS) is 23.5. The van der Waals surface area contributed by atoms with Crippen molar-refractivity contribution in [3.05, 3.63) is 16.1 Å². The molecule has 0 radical (unpaired) electrons. The van der Waals surface area contributed by atoms with Crippen LogP contribution >= 0.6 is 11.3 Å². The lowest BCUT2D eigenvalue weighted by atomic mass is 9.74. The number of alkyl halides is 3. The van der Waals surface area contributed by atoms with Gasteiger partial charge in [0.05, 0.1) is 6.54 Å². The standard InChI is InChI=1S/C10H12F3N3S/c11-10(12,13)7-2-17-8(15-7)1-16-5-9(6-16)3-14-4-9/h2,14H,1,3-6H2. The molecule has 0 amide bonds. The molecule has 1 aromatic rings. The Morgan fingerprint density at radius 2 is 2.12 bits per heavy atom. The minimum absolute atomic E-state index is 0.407. The van der Waals surface area contributed by atoms with Gasteiger partial charge in [0.25, 0.3) is 0 Å². The maximum Gasteiger partial charge on any atom is 0.434 e. The van der Waals surface area contributed by atoms with Crippen LogP contribution in [0.15, 0.2) is 5.38 Å². The highest BCUT2D eigenvalue weighted by Gasteiger charge is 2.47. The first kappa shape index (κ1) is 11.4. The number of hydrogen-bond donors (Lipinski definition) is 1. The van der Waals surface area contributed by atoms with E-state index in [9.17, 15) is 13.2 Å². The van der Waals surface area contributed by atoms with Gasteiger partial charge in [0.2, 0.25) is 0 Å². The van der Waals surface area contributed by atoms with Crippen molar-refractivity contribution in [1.82, 2.24) is 15.2 Å². The molecule has 0 aliphatic carbocycles. The molecule has 1 spiro atoms. The van der Waals surface area contributed by atoms with E-state index < -0.39 is 11.9 Å². The molecular weight excluding hydrogens is 251 g/mol. The molecule has 0 bridgehead atoms. The van der Waals surface area contributed by atoms with E-state index in [4.69, 9.17) is 0 Å². The van der Waals surface area contributed by atoms with Crippen molar-refractivity contribution in [3.63, 3.8) is 0 Å². The maximum absolute atomic E-state index is 12.3. The minimum atomic E-state index is -4.32. The fourth-order valence-corrected chi connectivity index (χ4v) is 3.26. The molecular formula is C10H12F3N3S. The molecule has 2 aliphatic heterocycles. The third kappa shape index (κ3) is 2.07. The molecule has 2 fully saturated rings. The quantitative estimate of drug-likeness (QED) is 0.878. The fourth-order valence-electron chi connectivity index (χ4n) is 2.42. The van der Waals surface area contributed by atoms with Crippen LogP contribution < -0.4 is 5.32 Å². The van der Waals surface area contributed by atoms with Gasteiger partial charge in [-0.05, 0) is 0 Å². The number of halogens is 3. The van der Waals surface area contributed by atoms with Gasteiger partial charge in [0.1, 0.15) is 5.01 Å². The van der Waals surface area contributed by atoms with E-state index in [0.717, 1.165) is 42.9 Å². The molecule has 1 N–H and O–H groups in total. The van der Waals surface area contributed by atoms with Crippen molar-refractivity contribution in [1.29, 1.82) is 0 Å². The number of thiazole rings is 1. The van der Waals surface area contributed by atoms with Crippen molar-refractivity contribution in [2.75, 3.05) is 26.2 Å². The zero-order valence-corrected chi connectivity index (χ0v) is 9.87. The molecule has 2 aliphatic rings. The van der Waals surface area contributed by atoms with Gasteiger partial charge in [-0.25, -0.2) is 4.98 Å². The Morgan fingerprint density at radius 3 is 2.59 bits per heavy atom. The first-order valence-corrected chi connectivity index (χ1v) is 6.30. The summed E-state index contributed by atoms with van der Waals surface area (Å²) in [5.74, 6) is 0. The van der Waals surface area contributed by atoms with Crippen molar-refractivity contribution >= 4 is 11.3 Å². The van der Waals surface area contributed by atoms with Crippen molar-refractivity contribution in [2.24, 2.45) is 5.41 Å². The molecule has 1 aromatic heterocycles.